The normalized spacial score (nSPS) is 16.1. The van der Waals surface area contributed by atoms with Crippen molar-refractivity contribution in [2.24, 2.45) is 10.2 Å². The zero-order chi connectivity index (χ0) is 21.5. The fourth-order valence-corrected chi connectivity index (χ4v) is 3.04. The highest BCUT2D eigenvalue weighted by Gasteiger charge is 2.25. The maximum Gasteiger partial charge on any atom is 0.343 e. The third-order valence-electron chi connectivity index (χ3n) is 3.81. The monoisotopic (exact) mass is 423 g/mol. The predicted octanol–water partition coefficient (Wildman–Crippen LogP) is 2.82. The van der Waals surface area contributed by atoms with Gasteiger partial charge in [0, 0.05) is 6.08 Å². The van der Waals surface area contributed by atoms with Crippen molar-refractivity contribution >= 4 is 41.0 Å². The van der Waals surface area contributed by atoms with Gasteiger partial charge in [-0.25, -0.2) is 9.59 Å². The van der Waals surface area contributed by atoms with E-state index in [1.165, 1.54) is 13.3 Å². The van der Waals surface area contributed by atoms with Crippen molar-refractivity contribution in [3.63, 3.8) is 0 Å². The molecule has 1 saturated heterocycles. The van der Waals surface area contributed by atoms with Crippen LogP contribution in [-0.4, -0.2) is 36.3 Å². The Balaban J connectivity index is 1.64. The molecule has 1 amide bonds. The first-order valence-electron chi connectivity index (χ1n) is 8.73. The summed E-state index contributed by atoms with van der Waals surface area (Å²) < 4.78 is 9.88. The molecule has 0 radical (unpaired) electrons. The average Bonchev–Trinajstić information content (AvgIpc) is 3.07. The molecule has 152 valence electrons. The standard InChI is InChI=1S/C21H17N3O5S/c1-13-6-8-15(9-7-13)20(27)29-16-5-3-4-14(10-16)12-22-24-21-23-19(26)17(30-21)11-18(25)28-2/h3-12H,1-2H3,(H,23,24,26)/b17-11+,22-12?. The molecule has 0 aliphatic carbocycles. The highest BCUT2D eigenvalue weighted by Crippen LogP contribution is 2.23. The second-order valence-corrected chi connectivity index (χ2v) is 7.10. The molecule has 3 rings (SSSR count). The summed E-state index contributed by atoms with van der Waals surface area (Å²) in [4.78, 5) is 35.4. The zero-order valence-corrected chi connectivity index (χ0v) is 16.9. The Morgan fingerprint density at radius 1 is 1.13 bits per heavy atom. The number of aryl methyl sites for hydroxylation is 1. The van der Waals surface area contributed by atoms with Gasteiger partial charge in [-0.05, 0) is 48.5 Å². The molecule has 1 aliphatic heterocycles. The van der Waals surface area contributed by atoms with E-state index in [0.717, 1.165) is 23.4 Å². The molecule has 0 saturated carbocycles. The zero-order valence-electron chi connectivity index (χ0n) is 16.1. The fraction of sp³-hybridized carbons (Fsp3) is 0.0952. The number of thioether (sulfide) groups is 1. The maximum atomic E-state index is 12.2. The van der Waals surface area contributed by atoms with Crippen molar-refractivity contribution in [3.8, 4) is 5.75 Å². The minimum absolute atomic E-state index is 0.167. The maximum absolute atomic E-state index is 12.2. The first-order chi connectivity index (χ1) is 14.4. The highest BCUT2D eigenvalue weighted by atomic mass is 32.2. The summed E-state index contributed by atoms with van der Waals surface area (Å²) in [6.45, 7) is 1.94. The first kappa shape index (κ1) is 21.0. The summed E-state index contributed by atoms with van der Waals surface area (Å²) in [5.41, 5.74) is 2.15. The number of amides is 1. The van der Waals surface area contributed by atoms with Gasteiger partial charge in [0.05, 0.1) is 23.8 Å². The van der Waals surface area contributed by atoms with Crippen LogP contribution < -0.4 is 10.1 Å². The van der Waals surface area contributed by atoms with Gasteiger partial charge in [-0.3, -0.25) is 10.1 Å². The van der Waals surface area contributed by atoms with E-state index in [4.69, 9.17) is 4.74 Å². The van der Waals surface area contributed by atoms with E-state index in [-0.39, 0.29) is 10.1 Å². The number of ether oxygens (including phenoxy) is 2. The Kier molecular flexibility index (Phi) is 6.76. The van der Waals surface area contributed by atoms with Gasteiger partial charge in [-0.1, -0.05) is 29.8 Å². The largest absolute Gasteiger partial charge is 0.466 e. The van der Waals surface area contributed by atoms with Crippen LogP contribution in [0.25, 0.3) is 0 Å². The van der Waals surface area contributed by atoms with Crippen molar-refractivity contribution < 1.29 is 23.9 Å². The summed E-state index contributed by atoms with van der Waals surface area (Å²) in [7, 11) is 1.22. The molecule has 1 fully saturated rings. The van der Waals surface area contributed by atoms with E-state index in [0.29, 0.717) is 16.9 Å². The van der Waals surface area contributed by atoms with Crippen LogP contribution in [0.1, 0.15) is 21.5 Å². The number of benzene rings is 2. The topological polar surface area (TPSA) is 106 Å². The Morgan fingerprint density at radius 2 is 1.90 bits per heavy atom. The molecule has 0 aromatic heterocycles. The van der Waals surface area contributed by atoms with Crippen LogP contribution in [0, 0.1) is 6.92 Å². The molecule has 1 aliphatic rings. The van der Waals surface area contributed by atoms with Gasteiger partial charge < -0.3 is 9.47 Å². The van der Waals surface area contributed by atoms with Crippen molar-refractivity contribution in [1.29, 1.82) is 0 Å². The third kappa shape index (κ3) is 5.65. The van der Waals surface area contributed by atoms with Crippen LogP contribution in [-0.2, 0) is 14.3 Å². The van der Waals surface area contributed by atoms with E-state index in [1.54, 1.807) is 36.4 Å². The number of carbonyl (C=O) groups is 3. The molecule has 2 aromatic carbocycles. The minimum atomic E-state index is -0.630. The summed E-state index contributed by atoms with van der Waals surface area (Å²) in [6.07, 6.45) is 2.53. The average molecular weight is 423 g/mol. The number of nitrogens with one attached hydrogen (secondary N) is 1. The second kappa shape index (κ2) is 9.66. The van der Waals surface area contributed by atoms with Crippen LogP contribution in [0.2, 0.25) is 0 Å². The number of hydrogen-bond acceptors (Lipinski definition) is 8. The van der Waals surface area contributed by atoms with E-state index in [1.807, 2.05) is 19.1 Å². The number of amidine groups is 1. The molecule has 9 heteroatoms. The van der Waals surface area contributed by atoms with Gasteiger partial charge >= 0.3 is 11.9 Å². The van der Waals surface area contributed by atoms with Crippen molar-refractivity contribution in [3.05, 3.63) is 76.2 Å². The lowest BCUT2D eigenvalue weighted by Gasteiger charge is -2.05. The number of hydrogen-bond donors (Lipinski definition) is 1. The summed E-state index contributed by atoms with van der Waals surface area (Å²) in [5.74, 6) is -1.18. The van der Waals surface area contributed by atoms with Gasteiger partial charge in [0.1, 0.15) is 5.75 Å². The molecule has 1 N–H and O–H groups in total. The quantitative estimate of drug-likeness (QED) is 0.261. The third-order valence-corrected chi connectivity index (χ3v) is 4.71. The van der Waals surface area contributed by atoms with Crippen LogP contribution in [0.5, 0.6) is 5.75 Å². The van der Waals surface area contributed by atoms with E-state index < -0.39 is 17.8 Å². The Labute approximate surface area is 176 Å². The number of nitrogens with zero attached hydrogens (tertiary/aromatic N) is 2. The summed E-state index contributed by atoms with van der Waals surface area (Å²) in [5, 5.41) is 10.6. The molecule has 0 spiro atoms. The van der Waals surface area contributed by atoms with Crippen molar-refractivity contribution in [2.45, 2.75) is 6.92 Å². The molecular weight excluding hydrogens is 406 g/mol. The van der Waals surface area contributed by atoms with Crippen LogP contribution in [0.3, 0.4) is 0 Å². The van der Waals surface area contributed by atoms with Crippen molar-refractivity contribution in [2.75, 3.05) is 7.11 Å². The van der Waals surface area contributed by atoms with Crippen molar-refractivity contribution in [1.82, 2.24) is 5.32 Å². The number of carbonyl (C=O) groups excluding carboxylic acids is 3. The fourth-order valence-electron chi connectivity index (χ4n) is 2.30. The van der Waals surface area contributed by atoms with Gasteiger partial charge in [0.15, 0.2) is 5.17 Å². The predicted molar refractivity (Wildman–Crippen MR) is 113 cm³/mol. The molecular formula is C21H17N3O5S. The lowest BCUT2D eigenvalue weighted by atomic mass is 10.1. The lowest BCUT2D eigenvalue weighted by Crippen LogP contribution is -2.19. The number of esters is 2. The van der Waals surface area contributed by atoms with Gasteiger partial charge in [0.25, 0.3) is 5.91 Å². The first-order valence-corrected chi connectivity index (χ1v) is 9.55. The second-order valence-electron chi connectivity index (χ2n) is 6.07. The highest BCUT2D eigenvalue weighted by molar-refractivity contribution is 8.18. The summed E-state index contributed by atoms with van der Waals surface area (Å²) >= 11 is 0.974. The van der Waals surface area contributed by atoms with E-state index >= 15 is 0 Å². The minimum Gasteiger partial charge on any atom is -0.466 e. The molecule has 1 heterocycles. The van der Waals surface area contributed by atoms with E-state index in [2.05, 4.69) is 20.3 Å². The summed E-state index contributed by atoms with van der Waals surface area (Å²) in [6, 6.07) is 13.9. The van der Waals surface area contributed by atoms with Gasteiger partial charge in [-0.15, -0.1) is 5.10 Å². The van der Waals surface area contributed by atoms with Gasteiger partial charge in [0.2, 0.25) is 0 Å². The smallest absolute Gasteiger partial charge is 0.343 e. The number of rotatable bonds is 5. The molecule has 0 atom stereocenters. The Morgan fingerprint density at radius 3 is 2.63 bits per heavy atom. The Bertz CT molecular complexity index is 1070. The van der Waals surface area contributed by atoms with Crippen LogP contribution in [0.4, 0.5) is 0 Å². The van der Waals surface area contributed by atoms with Gasteiger partial charge in [-0.2, -0.15) is 5.10 Å². The SMILES string of the molecule is COC(=O)/C=C1/S/C(=N\N=Cc2cccc(OC(=O)c3ccc(C)cc3)c2)NC1=O. The molecule has 0 bridgehead atoms. The van der Waals surface area contributed by atoms with E-state index in [9.17, 15) is 14.4 Å². The molecule has 0 unspecified atom stereocenters. The molecule has 8 nitrogen and oxygen atoms in total. The molecule has 2 aromatic rings. The number of methoxy groups -OCH3 is 1. The molecule has 30 heavy (non-hydrogen) atoms. The lowest BCUT2D eigenvalue weighted by molar-refractivity contribution is -0.135. The van der Waals surface area contributed by atoms with Crippen LogP contribution in [0.15, 0.2) is 69.7 Å². The Hall–Kier alpha value is -3.72. The van der Waals surface area contributed by atoms with Crippen LogP contribution >= 0.6 is 11.8 Å².